The summed E-state index contributed by atoms with van der Waals surface area (Å²) in [4.78, 5) is 31.4. The first-order chi connectivity index (χ1) is 13.5. The van der Waals surface area contributed by atoms with Crippen molar-refractivity contribution in [3.8, 4) is 17.4 Å². The van der Waals surface area contributed by atoms with Crippen molar-refractivity contribution in [2.24, 2.45) is 0 Å². The lowest BCUT2D eigenvalue weighted by molar-refractivity contribution is -0.116. The number of amides is 1. The van der Waals surface area contributed by atoms with Gasteiger partial charge in [0.1, 0.15) is 0 Å². The van der Waals surface area contributed by atoms with Crippen LogP contribution in [0.5, 0.6) is 17.4 Å². The number of methoxy groups -OCH3 is 3. The number of pyridine rings is 2. The molecule has 146 valence electrons. The summed E-state index contributed by atoms with van der Waals surface area (Å²) in [6.07, 6.45) is 1.97. The molecule has 8 nitrogen and oxygen atoms in total. The van der Waals surface area contributed by atoms with Crippen LogP contribution in [0.4, 0.5) is 5.69 Å². The molecule has 0 fully saturated rings. The molecule has 8 heteroatoms. The Labute approximate surface area is 161 Å². The average Bonchev–Trinajstić information content (AvgIpc) is 2.71. The zero-order valence-electron chi connectivity index (χ0n) is 15.9. The van der Waals surface area contributed by atoms with E-state index in [1.165, 1.54) is 20.4 Å². The van der Waals surface area contributed by atoms with Gasteiger partial charge in [0.05, 0.1) is 38.7 Å². The van der Waals surface area contributed by atoms with Crippen molar-refractivity contribution in [2.75, 3.05) is 26.6 Å². The predicted octanol–water partition coefficient (Wildman–Crippen LogP) is 2.52. The SMILES string of the molecule is COc1ccc(NC(=O)CCc2cc3cc(OC)c(OC)cc3[nH]c2=O)cn1. The Bertz CT molecular complexity index is 1040. The number of carbonyl (C=O) groups excluding carboxylic acids is 1. The molecule has 3 rings (SSSR count). The number of benzene rings is 1. The lowest BCUT2D eigenvalue weighted by Gasteiger charge is -2.10. The monoisotopic (exact) mass is 383 g/mol. The molecule has 1 amide bonds. The van der Waals surface area contributed by atoms with E-state index in [0.717, 1.165) is 5.39 Å². The molecule has 0 atom stereocenters. The molecule has 1 aromatic carbocycles. The van der Waals surface area contributed by atoms with E-state index >= 15 is 0 Å². The van der Waals surface area contributed by atoms with E-state index in [4.69, 9.17) is 14.2 Å². The van der Waals surface area contributed by atoms with Gasteiger partial charge in [-0.15, -0.1) is 0 Å². The van der Waals surface area contributed by atoms with Crippen molar-refractivity contribution in [1.82, 2.24) is 9.97 Å². The van der Waals surface area contributed by atoms with Crippen LogP contribution in [-0.2, 0) is 11.2 Å². The van der Waals surface area contributed by atoms with Crippen molar-refractivity contribution >= 4 is 22.5 Å². The third-order valence-electron chi connectivity index (χ3n) is 4.28. The lowest BCUT2D eigenvalue weighted by Crippen LogP contribution is -2.17. The van der Waals surface area contributed by atoms with E-state index in [-0.39, 0.29) is 17.9 Å². The molecule has 2 aromatic heterocycles. The van der Waals surface area contributed by atoms with Gasteiger partial charge in [0.25, 0.3) is 5.56 Å². The van der Waals surface area contributed by atoms with Crippen LogP contribution in [0, 0.1) is 0 Å². The molecule has 0 unspecified atom stereocenters. The molecule has 0 saturated carbocycles. The molecule has 0 aliphatic heterocycles. The number of fused-ring (bicyclic) bond motifs is 1. The normalized spacial score (nSPS) is 10.5. The van der Waals surface area contributed by atoms with E-state index < -0.39 is 0 Å². The van der Waals surface area contributed by atoms with Crippen LogP contribution < -0.4 is 25.1 Å². The van der Waals surface area contributed by atoms with Crippen LogP contribution in [0.2, 0.25) is 0 Å². The first-order valence-corrected chi connectivity index (χ1v) is 8.62. The van der Waals surface area contributed by atoms with Gasteiger partial charge >= 0.3 is 0 Å². The Hall–Kier alpha value is -3.55. The number of nitrogens with one attached hydrogen (secondary N) is 2. The standard InChI is InChI=1S/C20H21N3O5/c1-26-16-9-13-8-12(20(25)23-15(13)10-17(16)27-2)4-6-18(24)22-14-5-7-19(28-3)21-11-14/h5,7-11H,4,6H2,1-3H3,(H,22,24)(H,23,25). The molecule has 2 heterocycles. The maximum absolute atomic E-state index is 12.3. The van der Waals surface area contributed by atoms with Crippen molar-refractivity contribution in [3.05, 3.63) is 52.4 Å². The maximum Gasteiger partial charge on any atom is 0.251 e. The third-order valence-corrected chi connectivity index (χ3v) is 4.28. The van der Waals surface area contributed by atoms with Crippen molar-refractivity contribution < 1.29 is 19.0 Å². The number of hydrogen-bond acceptors (Lipinski definition) is 6. The Morgan fingerprint density at radius 3 is 2.46 bits per heavy atom. The first-order valence-electron chi connectivity index (χ1n) is 8.62. The summed E-state index contributed by atoms with van der Waals surface area (Å²) >= 11 is 0. The number of H-pyrrole nitrogens is 1. The first kappa shape index (κ1) is 19.2. The van der Waals surface area contributed by atoms with Gasteiger partial charge in [-0.05, 0) is 24.6 Å². The van der Waals surface area contributed by atoms with Crippen LogP contribution >= 0.6 is 0 Å². The summed E-state index contributed by atoms with van der Waals surface area (Å²) in [5.74, 6) is 1.36. The highest BCUT2D eigenvalue weighted by Gasteiger charge is 2.11. The molecule has 0 spiro atoms. The second kappa shape index (κ2) is 8.43. The molecule has 0 saturated heterocycles. The highest BCUT2D eigenvalue weighted by atomic mass is 16.5. The molecule has 0 aliphatic rings. The van der Waals surface area contributed by atoms with Gasteiger partial charge in [0, 0.05) is 29.5 Å². The Balaban J connectivity index is 1.73. The van der Waals surface area contributed by atoms with Gasteiger partial charge in [0.15, 0.2) is 11.5 Å². The number of aromatic nitrogens is 2. The minimum absolute atomic E-state index is 0.161. The number of aryl methyl sites for hydroxylation is 1. The fraction of sp³-hybridized carbons (Fsp3) is 0.250. The van der Waals surface area contributed by atoms with Gasteiger partial charge in [-0.3, -0.25) is 9.59 Å². The van der Waals surface area contributed by atoms with Crippen molar-refractivity contribution in [2.45, 2.75) is 12.8 Å². The van der Waals surface area contributed by atoms with E-state index in [2.05, 4.69) is 15.3 Å². The number of rotatable bonds is 7. The summed E-state index contributed by atoms with van der Waals surface area (Å²) in [5.41, 5.74) is 1.48. The summed E-state index contributed by atoms with van der Waals surface area (Å²) in [7, 11) is 4.61. The smallest absolute Gasteiger partial charge is 0.251 e. The predicted molar refractivity (Wildman–Crippen MR) is 105 cm³/mol. The maximum atomic E-state index is 12.3. The van der Waals surface area contributed by atoms with Crippen molar-refractivity contribution in [1.29, 1.82) is 0 Å². The second-order valence-corrected chi connectivity index (χ2v) is 6.06. The minimum atomic E-state index is -0.237. The van der Waals surface area contributed by atoms with Crippen LogP contribution in [-0.4, -0.2) is 37.2 Å². The zero-order chi connectivity index (χ0) is 20.1. The fourth-order valence-electron chi connectivity index (χ4n) is 2.81. The number of anilines is 1. The van der Waals surface area contributed by atoms with Crippen molar-refractivity contribution in [3.63, 3.8) is 0 Å². The number of carbonyl (C=O) groups is 1. The number of ether oxygens (including phenoxy) is 3. The molecule has 0 bridgehead atoms. The van der Waals surface area contributed by atoms with E-state index in [1.807, 2.05) is 0 Å². The van der Waals surface area contributed by atoms with Gasteiger partial charge in [-0.2, -0.15) is 0 Å². The molecule has 28 heavy (non-hydrogen) atoms. The highest BCUT2D eigenvalue weighted by molar-refractivity contribution is 5.90. The van der Waals surface area contributed by atoms with Crippen LogP contribution in [0.25, 0.3) is 10.9 Å². The van der Waals surface area contributed by atoms with Crippen LogP contribution in [0.1, 0.15) is 12.0 Å². The zero-order valence-corrected chi connectivity index (χ0v) is 15.9. The summed E-state index contributed by atoms with van der Waals surface area (Å²) in [6.45, 7) is 0. The quantitative estimate of drug-likeness (QED) is 0.650. The highest BCUT2D eigenvalue weighted by Crippen LogP contribution is 2.31. The third kappa shape index (κ3) is 4.22. The number of nitrogens with zero attached hydrogens (tertiary/aromatic N) is 1. The van der Waals surface area contributed by atoms with Crippen LogP contribution in [0.3, 0.4) is 0 Å². The molecule has 3 aromatic rings. The minimum Gasteiger partial charge on any atom is -0.493 e. The molecular formula is C20H21N3O5. The van der Waals surface area contributed by atoms with Gasteiger partial charge in [0.2, 0.25) is 11.8 Å². The van der Waals surface area contributed by atoms with E-state index in [9.17, 15) is 9.59 Å². The summed E-state index contributed by atoms with van der Waals surface area (Å²) < 4.78 is 15.5. The lowest BCUT2D eigenvalue weighted by atomic mass is 10.1. The molecule has 0 aliphatic carbocycles. The van der Waals surface area contributed by atoms with Gasteiger partial charge in [-0.1, -0.05) is 0 Å². The van der Waals surface area contributed by atoms with Gasteiger partial charge in [-0.25, -0.2) is 4.98 Å². The molecular weight excluding hydrogens is 362 g/mol. The van der Waals surface area contributed by atoms with Crippen LogP contribution in [0.15, 0.2) is 41.3 Å². The largest absolute Gasteiger partial charge is 0.493 e. The van der Waals surface area contributed by atoms with Gasteiger partial charge < -0.3 is 24.5 Å². The molecule has 2 N–H and O–H groups in total. The Morgan fingerprint density at radius 1 is 1.07 bits per heavy atom. The van der Waals surface area contributed by atoms with E-state index in [0.29, 0.717) is 40.6 Å². The number of hydrogen-bond donors (Lipinski definition) is 2. The Kier molecular flexibility index (Phi) is 5.78. The summed E-state index contributed by atoms with van der Waals surface area (Å²) in [5, 5.41) is 3.55. The average molecular weight is 383 g/mol. The molecule has 0 radical (unpaired) electrons. The number of aromatic amines is 1. The second-order valence-electron chi connectivity index (χ2n) is 6.06. The fourth-order valence-corrected chi connectivity index (χ4v) is 2.81. The Morgan fingerprint density at radius 2 is 1.82 bits per heavy atom. The topological polar surface area (TPSA) is 103 Å². The van der Waals surface area contributed by atoms with E-state index in [1.54, 1.807) is 37.4 Å². The summed E-state index contributed by atoms with van der Waals surface area (Å²) in [6, 6.07) is 8.62.